The molecular formula is C52H61F4N5O13S2. The quantitative estimate of drug-likeness (QED) is 0.0227. The number of pyridine rings is 2. The normalized spacial score (nSPS) is 15.5. The van der Waals surface area contributed by atoms with Gasteiger partial charge in [0, 0.05) is 74.6 Å². The molecule has 412 valence electrons. The van der Waals surface area contributed by atoms with Crippen molar-refractivity contribution in [1.82, 2.24) is 23.7 Å². The highest BCUT2D eigenvalue weighted by atomic mass is 32.2. The number of ketones is 2. The summed E-state index contributed by atoms with van der Waals surface area (Å²) in [4.78, 5) is 36.6. The molecule has 2 aromatic carbocycles. The van der Waals surface area contributed by atoms with E-state index < -0.39 is 33.2 Å². The first-order valence-corrected chi connectivity index (χ1v) is 27.9. The van der Waals surface area contributed by atoms with Crippen LogP contribution in [0.15, 0.2) is 73.3 Å². The zero-order valence-corrected chi connectivity index (χ0v) is 43.1. The number of rotatable bonds is 25. The summed E-state index contributed by atoms with van der Waals surface area (Å²) in [5, 5.41) is 0. The molecule has 76 heavy (non-hydrogen) atoms. The molecule has 3 fully saturated rings. The molecule has 0 bridgehead atoms. The van der Waals surface area contributed by atoms with Crippen LogP contribution in [0.4, 0.5) is 17.6 Å². The van der Waals surface area contributed by atoms with Crippen LogP contribution in [-0.2, 0) is 24.1 Å². The number of carbonyl (C=O) groups excluding carboxylic acids is 2. The molecule has 3 aliphatic rings. The topological polar surface area (TPSA) is 205 Å². The lowest BCUT2D eigenvalue weighted by Gasteiger charge is -2.26. The third kappa shape index (κ3) is 15.3. The summed E-state index contributed by atoms with van der Waals surface area (Å²) in [6.45, 7) is -3.63. The maximum Gasteiger partial charge on any atom is 0.387 e. The number of aromatic nitrogens is 4. The molecule has 1 saturated heterocycles. The molecule has 18 nitrogen and oxygen atoms in total. The highest BCUT2D eigenvalue weighted by molar-refractivity contribution is 7.91. The summed E-state index contributed by atoms with van der Waals surface area (Å²) in [6.07, 6.45) is 13.1. The van der Waals surface area contributed by atoms with E-state index in [1.54, 1.807) is 70.0 Å². The van der Waals surface area contributed by atoms with Crippen LogP contribution in [0.25, 0.3) is 33.8 Å². The van der Waals surface area contributed by atoms with Crippen molar-refractivity contribution in [2.24, 2.45) is 11.8 Å². The number of nitrogens with zero attached hydrogens (tertiary/aromatic N) is 5. The SMILES string of the molecule is C.COc1cc(-c2cnc3cc(OCCCN4CCS(=O)(=O)CC4)ccn23)cc(OC(F)F)c1C(=O)CC1CC1.COc1cc(-c2cnc3cc(OCCCOS(C)(=O)=O)ccn23)cc(OC(F)F)c1C(=O)CC1CC1. The molecule has 9 rings (SSSR count). The van der Waals surface area contributed by atoms with Gasteiger partial charge in [0.2, 0.25) is 0 Å². The Kier molecular flexibility index (Phi) is 18.9. The smallest absolute Gasteiger partial charge is 0.387 e. The largest absolute Gasteiger partial charge is 0.496 e. The maximum absolute atomic E-state index is 13.3. The second kappa shape index (κ2) is 25.1. The van der Waals surface area contributed by atoms with Crippen molar-refractivity contribution in [3.8, 4) is 57.0 Å². The molecule has 0 atom stereocenters. The van der Waals surface area contributed by atoms with E-state index in [-0.39, 0.29) is 103 Å². The number of imidazole rings is 2. The molecule has 24 heteroatoms. The summed E-state index contributed by atoms with van der Waals surface area (Å²) in [5.74, 6) is 1.39. The number of Topliss-reactive ketones (excluding diaryl/α,β-unsaturated/α-hetero) is 2. The monoisotopic (exact) mass is 1100 g/mol. The summed E-state index contributed by atoms with van der Waals surface area (Å²) < 4.78 is 138. The van der Waals surface area contributed by atoms with Crippen LogP contribution < -0.4 is 28.4 Å². The van der Waals surface area contributed by atoms with Crippen molar-refractivity contribution in [1.29, 1.82) is 0 Å². The lowest BCUT2D eigenvalue weighted by molar-refractivity contribution is -0.0509. The number of hydrogen-bond acceptors (Lipinski definition) is 16. The number of carbonyl (C=O) groups is 2. The first kappa shape index (κ1) is 57.2. The van der Waals surface area contributed by atoms with Crippen molar-refractivity contribution < 1.29 is 76.6 Å². The van der Waals surface area contributed by atoms with Gasteiger partial charge in [-0.25, -0.2) is 18.4 Å². The molecule has 2 saturated carbocycles. The molecule has 4 aromatic heterocycles. The van der Waals surface area contributed by atoms with Crippen LogP contribution in [0, 0.1) is 11.8 Å². The van der Waals surface area contributed by atoms with Crippen molar-refractivity contribution in [3.63, 3.8) is 0 Å². The van der Waals surface area contributed by atoms with Gasteiger partial charge in [0.1, 0.15) is 56.9 Å². The zero-order valence-electron chi connectivity index (χ0n) is 41.4. The maximum atomic E-state index is 13.3. The van der Waals surface area contributed by atoms with Gasteiger partial charge in [0.25, 0.3) is 10.1 Å². The fourth-order valence-electron chi connectivity index (χ4n) is 8.54. The van der Waals surface area contributed by atoms with Crippen molar-refractivity contribution in [2.45, 2.75) is 72.0 Å². The molecule has 1 aliphatic heterocycles. The van der Waals surface area contributed by atoms with Gasteiger partial charge >= 0.3 is 13.2 Å². The van der Waals surface area contributed by atoms with Gasteiger partial charge in [0.05, 0.1) is 75.6 Å². The molecule has 0 N–H and O–H groups in total. The van der Waals surface area contributed by atoms with Crippen LogP contribution in [0.3, 0.4) is 0 Å². The average molecular weight is 1100 g/mol. The fraction of sp³-hybridized carbons (Fsp3) is 0.462. The third-order valence-corrected chi connectivity index (χ3v) is 14.8. The van der Waals surface area contributed by atoms with E-state index in [1.165, 1.54) is 26.4 Å². The van der Waals surface area contributed by atoms with E-state index in [2.05, 4.69) is 19.1 Å². The minimum Gasteiger partial charge on any atom is -0.496 e. The Morgan fingerprint density at radius 2 is 1.11 bits per heavy atom. The van der Waals surface area contributed by atoms with Crippen LogP contribution in [0.1, 0.15) is 79.5 Å². The summed E-state index contributed by atoms with van der Waals surface area (Å²) in [6, 6.07) is 13.0. The number of fused-ring (bicyclic) bond motifs is 2. The molecule has 0 amide bonds. The summed E-state index contributed by atoms with van der Waals surface area (Å²) in [5.41, 5.74) is 3.32. The molecular weight excluding hydrogens is 1040 g/mol. The summed E-state index contributed by atoms with van der Waals surface area (Å²) in [7, 11) is -3.62. The lowest BCUT2D eigenvalue weighted by Crippen LogP contribution is -2.40. The van der Waals surface area contributed by atoms with E-state index in [4.69, 9.17) is 28.4 Å². The van der Waals surface area contributed by atoms with Gasteiger partial charge in [-0.3, -0.25) is 22.6 Å². The fourth-order valence-corrected chi connectivity index (χ4v) is 10.2. The van der Waals surface area contributed by atoms with Gasteiger partial charge in [0.15, 0.2) is 21.4 Å². The van der Waals surface area contributed by atoms with Crippen LogP contribution >= 0.6 is 0 Å². The highest BCUT2D eigenvalue weighted by Gasteiger charge is 2.32. The van der Waals surface area contributed by atoms with Crippen LogP contribution in [0.2, 0.25) is 0 Å². The average Bonchev–Trinajstić information content (AvgIpc) is 4.28. The Morgan fingerprint density at radius 1 is 0.671 bits per heavy atom. The number of ether oxygens (including phenoxy) is 6. The third-order valence-electron chi connectivity index (χ3n) is 12.6. The minimum absolute atomic E-state index is 0. The minimum atomic E-state index is -3.49. The Morgan fingerprint density at radius 3 is 1.51 bits per heavy atom. The lowest BCUT2D eigenvalue weighted by atomic mass is 10.00. The number of alkyl halides is 4. The van der Waals surface area contributed by atoms with E-state index in [0.29, 0.717) is 71.4 Å². The molecule has 0 spiro atoms. The van der Waals surface area contributed by atoms with E-state index in [1.807, 2.05) is 0 Å². The predicted octanol–water partition coefficient (Wildman–Crippen LogP) is 9.07. The van der Waals surface area contributed by atoms with E-state index in [0.717, 1.165) is 44.9 Å². The van der Waals surface area contributed by atoms with Crippen molar-refractivity contribution in [3.05, 3.63) is 84.4 Å². The number of sulfone groups is 1. The molecule has 2 aliphatic carbocycles. The van der Waals surface area contributed by atoms with Gasteiger partial charge < -0.3 is 33.3 Å². The van der Waals surface area contributed by atoms with E-state index >= 15 is 0 Å². The number of halogens is 4. The zero-order chi connectivity index (χ0) is 53.4. The highest BCUT2D eigenvalue weighted by Crippen LogP contribution is 2.42. The summed E-state index contributed by atoms with van der Waals surface area (Å²) >= 11 is 0. The van der Waals surface area contributed by atoms with Crippen LogP contribution in [0.5, 0.6) is 34.5 Å². The van der Waals surface area contributed by atoms with Crippen LogP contribution in [-0.4, -0.2) is 137 Å². The molecule has 6 aromatic rings. The Hall–Kier alpha value is -6.50. The van der Waals surface area contributed by atoms with E-state index in [9.17, 15) is 44.0 Å². The Labute approximate surface area is 438 Å². The van der Waals surface area contributed by atoms with Crippen molar-refractivity contribution >= 4 is 42.8 Å². The Balaban J connectivity index is 0.000000219. The molecule has 0 unspecified atom stereocenters. The second-order valence-corrected chi connectivity index (χ2v) is 22.3. The first-order chi connectivity index (χ1) is 35.9. The van der Waals surface area contributed by atoms with Gasteiger partial charge in [-0.1, -0.05) is 7.43 Å². The Bertz CT molecular complexity index is 3220. The van der Waals surface area contributed by atoms with Gasteiger partial charge in [-0.15, -0.1) is 0 Å². The second-order valence-electron chi connectivity index (χ2n) is 18.4. The first-order valence-electron chi connectivity index (χ1n) is 24.2. The predicted molar refractivity (Wildman–Crippen MR) is 274 cm³/mol. The van der Waals surface area contributed by atoms with Crippen molar-refractivity contribution in [2.75, 3.05) is 71.4 Å². The van der Waals surface area contributed by atoms with Gasteiger partial charge in [-0.2, -0.15) is 26.0 Å². The number of methoxy groups -OCH3 is 2. The number of benzene rings is 2. The molecule has 5 heterocycles. The standard InChI is InChI=1S/C27H31F2N3O6S.C24H26F2N2O7S.CH4/c1-36-23-14-19(15-24(38-27(28)29)26(23)22(33)13-18-3-4-18)21-17-30-25-16-20(5-7-32(21)25)37-10-2-6-31-8-11-39(34,35)12-9-31;1-32-20-11-16(12-21(35-24(25)26)23(20)19(29)10-15-4-5-15)18-14-27-22-13-17(6-7-28(18)22)33-8-3-9-34-36(2,30)31;/h5,7,14-18,27H,2-4,6,8-13H2,1H3;6-7,11-15,24H,3-5,8-10H2,1-2H3;1H4. The molecule has 0 radical (unpaired) electrons. The van der Waals surface area contributed by atoms with Gasteiger partial charge in [-0.05, 0) is 80.3 Å². The number of hydrogen-bond donors (Lipinski definition) is 0.